The monoisotopic (exact) mass is 575 g/mol. The summed E-state index contributed by atoms with van der Waals surface area (Å²) in [6.45, 7) is 5.79. The molecule has 0 N–H and O–H groups in total. The molecule has 5 nitrogen and oxygen atoms in total. The molecule has 0 aromatic heterocycles. The van der Waals surface area contributed by atoms with E-state index in [1.807, 2.05) is 12.1 Å². The van der Waals surface area contributed by atoms with Crippen molar-refractivity contribution in [1.29, 1.82) is 0 Å². The van der Waals surface area contributed by atoms with Crippen LogP contribution in [0.1, 0.15) is 22.3 Å². The van der Waals surface area contributed by atoms with Crippen LogP contribution in [0.15, 0.2) is 76.5 Å². The quantitative estimate of drug-likeness (QED) is 0.274. The van der Waals surface area contributed by atoms with Crippen LogP contribution in [-0.2, 0) is 10.9 Å². The SMILES string of the molecule is O=C(OCCN1CCN(CCCN2c3ccccc3Sc3ccc(Cl)cc32)CC1)c1ccccc1C(F)(F)F. The Labute approximate surface area is 235 Å². The van der Waals surface area contributed by atoms with E-state index in [2.05, 4.69) is 45.0 Å². The van der Waals surface area contributed by atoms with Crippen molar-refractivity contribution in [2.24, 2.45) is 0 Å². The van der Waals surface area contributed by atoms with Crippen LogP contribution in [0, 0.1) is 0 Å². The van der Waals surface area contributed by atoms with Crippen molar-refractivity contribution in [3.05, 3.63) is 82.9 Å². The molecule has 1 saturated heterocycles. The number of piperazine rings is 1. The van der Waals surface area contributed by atoms with Gasteiger partial charge in [-0.1, -0.05) is 47.6 Å². The standard InChI is InChI=1S/C29H29ClF3N3O2S/c30-21-10-11-27-25(20-21)36(24-8-3-4-9-26(24)39-27)13-5-12-34-14-16-35(17-15-34)18-19-38-28(37)22-6-1-2-7-23(22)29(31,32)33/h1-4,6-11,20H,5,12-19H2. The molecular weight excluding hydrogens is 547 g/mol. The smallest absolute Gasteiger partial charge is 0.417 e. The topological polar surface area (TPSA) is 36.0 Å². The summed E-state index contributed by atoms with van der Waals surface area (Å²) in [4.78, 5) is 21.7. The highest BCUT2D eigenvalue weighted by Gasteiger charge is 2.35. The second-order valence-electron chi connectivity index (χ2n) is 9.55. The first-order valence-electron chi connectivity index (χ1n) is 12.9. The number of carbonyl (C=O) groups is 1. The molecule has 0 amide bonds. The van der Waals surface area contributed by atoms with E-state index in [1.165, 1.54) is 27.6 Å². The summed E-state index contributed by atoms with van der Waals surface area (Å²) in [5, 5.41) is 0.727. The molecule has 2 aliphatic heterocycles. The Morgan fingerprint density at radius 3 is 2.28 bits per heavy atom. The molecule has 0 saturated carbocycles. The summed E-state index contributed by atoms with van der Waals surface area (Å²) in [6.07, 6.45) is -3.61. The second-order valence-corrected chi connectivity index (χ2v) is 11.1. The van der Waals surface area contributed by atoms with Crippen LogP contribution in [0.2, 0.25) is 5.02 Å². The lowest BCUT2D eigenvalue weighted by Gasteiger charge is -2.36. The molecule has 3 aromatic carbocycles. The predicted octanol–water partition coefficient (Wildman–Crippen LogP) is 6.83. The van der Waals surface area contributed by atoms with Gasteiger partial charge >= 0.3 is 12.1 Å². The Morgan fingerprint density at radius 1 is 0.846 bits per heavy atom. The lowest BCUT2D eigenvalue weighted by Crippen LogP contribution is -2.47. The number of nitrogens with zero attached hydrogens (tertiary/aromatic N) is 3. The van der Waals surface area contributed by atoms with Crippen LogP contribution in [0.25, 0.3) is 0 Å². The van der Waals surface area contributed by atoms with Crippen molar-refractivity contribution in [1.82, 2.24) is 9.80 Å². The maximum absolute atomic E-state index is 13.2. The number of fused-ring (bicyclic) bond motifs is 2. The maximum Gasteiger partial charge on any atom is 0.417 e. The van der Waals surface area contributed by atoms with Crippen LogP contribution in [-0.4, -0.2) is 68.2 Å². The van der Waals surface area contributed by atoms with Gasteiger partial charge in [0.15, 0.2) is 0 Å². The van der Waals surface area contributed by atoms with Crippen LogP contribution in [0.3, 0.4) is 0 Å². The normalized spacial score (nSPS) is 16.1. The van der Waals surface area contributed by atoms with Crippen molar-refractivity contribution in [3.8, 4) is 0 Å². The molecule has 1 fully saturated rings. The van der Waals surface area contributed by atoms with E-state index in [-0.39, 0.29) is 6.61 Å². The number of hydrogen-bond donors (Lipinski definition) is 0. The highest BCUT2D eigenvalue weighted by atomic mass is 35.5. The molecule has 3 aromatic rings. The summed E-state index contributed by atoms with van der Waals surface area (Å²) in [6, 6.07) is 19.2. The number of benzene rings is 3. The zero-order valence-corrected chi connectivity index (χ0v) is 22.9. The first-order valence-corrected chi connectivity index (χ1v) is 14.1. The summed E-state index contributed by atoms with van der Waals surface area (Å²) >= 11 is 8.09. The number of alkyl halides is 3. The minimum atomic E-state index is -4.60. The summed E-state index contributed by atoms with van der Waals surface area (Å²) in [5.74, 6) is -0.942. The van der Waals surface area contributed by atoms with Gasteiger partial charge in [0.05, 0.1) is 22.5 Å². The van der Waals surface area contributed by atoms with Gasteiger partial charge in [0.25, 0.3) is 0 Å². The molecule has 0 unspecified atom stereocenters. The molecule has 0 aliphatic carbocycles. The van der Waals surface area contributed by atoms with E-state index in [1.54, 1.807) is 11.8 Å². The van der Waals surface area contributed by atoms with E-state index in [9.17, 15) is 18.0 Å². The number of hydrogen-bond acceptors (Lipinski definition) is 6. The van der Waals surface area contributed by atoms with Crippen LogP contribution in [0.4, 0.5) is 24.5 Å². The van der Waals surface area contributed by atoms with Crippen LogP contribution in [0.5, 0.6) is 0 Å². The minimum Gasteiger partial charge on any atom is -0.461 e. The van der Waals surface area contributed by atoms with Crippen LogP contribution < -0.4 is 4.90 Å². The Balaban J connectivity index is 1.07. The number of carbonyl (C=O) groups excluding carboxylic acids is 1. The minimum absolute atomic E-state index is 0.0549. The Bertz CT molecular complexity index is 1310. The number of para-hydroxylation sites is 1. The van der Waals surface area contributed by atoms with Gasteiger partial charge in [-0.2, -0.15) is 13.2 Å². The van der Waals surface area contributed by atoms with E-state index < -0.39 is 23.3 Å². The number of anilines is 2. The molecule has 39 heavy (non-hydrogen) atoms. The average molecular weight is 576 g/mol. The van der Waals surface area contributed by atoms with Gasteiger partial charge in [-0.15, -0.1) is 0 Å². The molecule has 0 spiro atoms. The molecule has 2 aliphatic rings. The van der Waals surface area contributed by atoms with E-state index in [0.717, 1.165) is 68.5 Å². The van der Waals surface area contributed by atoms with E-state index >= 15 is 0 Å². The third kappa shape index (κ3) is 6.72. The van der Waals surface area contributed by atoms with E-state index in [0.29, 0.717) is 6.54 Å². The zero-order chi connectivity index (χ0) is 27.4. The summed E-state index contributed by atoms with van der Waals surface area (Å²) in [7, 11) is 0. The lowest BCUT2D eigenvalue weighted by molar-refractivity contribution is -0.138. The zero-order valence-electron chi connectivity index (χ0n) is 21.3. The van der Waals surface area contributed by atoms with Gasteiger partial charge in [0.2, 0.25) is 0 Å². The van der Waals surface area contributed by atoms with Crippen LogP contribution >= 0.6 is 23.4 Å². The maximum atomic E-state index is 13.2. The van der Waals surface area contributed by atoms with Crippen molar-refractivity contribution in [2.75, 3.05) is 57.3 Å². The summed E-state index contributed by atoms with van der Waals surface area (Å²) < 4.78 is 44.7. The summed E-state index contributed by atoms with van der Waals surface area (Å²) in [5.41, 5.74) is 0.926. The van der Waals surface area contributed by atoms with Crippen molar-refractivity contribution < 1.29 is 22.7 Å². The number of ether oxygens (including phenoxy) is 1. The third-order valence-corrected chi connectivity index (χ3v) is 8.37. The molecular formula is C29H29ClF3N3O2S. The van der Waals surface area contributed by atoms with Crippen molar-refractivity contribution >= 4 is 40.7 Å². The molecule has 0 bridgehead atoms. The number of esters is 1. The predicted molar refractivity (Wildman–Crippen MR) is 148 cm³/mol. The fourth-order valence-electron chi connectivity index (χ4n) is 4.99. The van der Waals surface area contributed by atoms with Gasteiger partial charge in [-0.05, 0) is 55.4 Å². The average Bonchev–Trinajstić information content (AvgIpc) is 2.93. The van der Waals surface area contributed by atoms with Gasteiger partial charge in [-0.25, -0.2) is 4.79 Å². The Hall–Kier alpha value is -2.72. The first kappa shape index (κ1) is 27.8. The highest BCUT2D eigenvalue weighted by molar-refractivity contribution is 7.99. The largest absolute Gasteiger partial charge is 0.461 e. The third-order valence-electron chi connectivity index (χ3n) is 7.00. The lowest BCUT2D eigenvalue weighted by atomic mass is 10.1. The first-order chi connectivity index (χ1) is 18.8. The van der Waals surface area contributed by atoms with E-state index in [4.69, 9.17) is 16.3 Å². The van der Waals surface area contributed by atoms with Crippen molar-refractivity contribution in [3.63, 3.8) is 0 Å². The van der Waals surface area contributed by atoms with Gasteiger partial charge in [0, 0.05) is 54.1 Å². The second kappa shape index (κ2) is 12.2. The van der Waals surface area contributed by atoms with Crippen molar-refractivity contribution in [2.45, 2.75) is 22.4 Å². The fraction of sp³-hybridized carbons (Fsp3) is 0.345. The Kier molecular flexibility index (Phi) is 8.71. The van der Waals surface area contributed by atoms with Gasteiger partial charge in [-0.3, -0.25) is 4.90 Å². The molecule has 10 heteroatoms. The number of halogens is 4. The molecule has 206 valence electrons. The van der Waals surface area contributed by atoms with Gasteiger partial charge in [0.1, 0.15) is 6.61 Å². The molecule has 5 rings (SSSR count). The molecule has 0 radical (unpaired) electrons. The van der Waals surface area contributed by atoms with Gasteiger partial charge < -0.3 is 14.5 Å². The fourth-order valence-corrected chi connectivity index (χ4v) is 6.23. The number of rotatable bonds is 8. The molecule has 0 atom stereocenters. The molecule has 2 heterocycles. The Morgan fingerprint density at radius 2 is 1.51 bits per heavy atom. The highest BCUT2D eigenvalue weighted by Crippen LogP contribution is 2.48.